The van der Waals surface area contributed by atoms with Crippen molar-refractivity contribution in [2.24, 2.45) is 0 Å². The number of fused-ring (bicyclic) bond motifs is 1. The molecule has 1 unspecified atom stereocenters. The third kappa shape index (κ3) is 5.03. The number of likely N-dealkylation sites (tertiary alicyclic amines) is 1. The van der Waals surface area contributed by atoms with Crippen LogP contribution in [0.1, 0.15) is 56.6 Å². The highest BCUT2D eigenvalue weighted by molar-refractivity contribution is 5.78. The number of aryl methyl sites for hydroxylation is 1. The minimum atomic E-state index is -0.0782. The van der Waals surface area contributed by atoms with Gasteiger partial charge in [0, 0.05) is 45.4 Å². The zero-order chi connectivity index (χ0) is 18.4. The van der Waals surface area contributed by atoms with Crippen LogP contribution in [0.2, 0.25) is 0 Å². The first-order chi connectivity index (χ1) is 12.6. The predicted octanol–water partition coefficient (Wildman–Crippen LogP) is 0.436. The first-order valence-corrected chi connectivity index (χ1v) is 9.79. The quantitative estimate of drug-likeness (QED) is 0.716. The van der Waals surface area contributed by atoms with E-state index in [-0.39, 0.29) is 11.8 Å². The molecule has 1 atom stereocenters. The molecule has 1 aromatic heterocycles. The van der Waals surface area contributed by atoms with E-state index in [1.165, 1.54) is 26.2 Å². The number of rotatable bonds is 6. The topological polar surface area (TPSA) is 92.2 Å². The monoisotopic (exact) mass is 362 g/mol. The van der Waals surface area contributed by atoms with Crippen LogP contribution in [0, 0.1) is 0 Å². The molecule has 0 aliphatic carbocycles. The van der Waals surface area contributed by atoms with Crippen LogP contribution in [0.15, 0.2) is 0 Å². The third-order valence-electron chi connectivity index (χ3n) is 5.20. The summed E-state index contributed by atoms with van der Waals surface area (Å²) in [6.07, 6.45) is 6.88. The number of carbonyl (C=O) groups is 2. The van der Waals surface area contributed by atoms with E-state index in [1.807, 2.05) is 0 Å². The van der Waals surface area contributed by atoms with E-state index in [0.29, 0.717) is 25.6 Å². The Morgan fingerprint density at radius 3 is 2.77 bits per heavy atom. The van der Waals surface area contributed by atoms with Crippen LogP contribution in [0.25, 0.3) is 0 Å². The van der Waals surface area contributed by atoms with Gasteiger partial charge in [0.25, 0.3) is 0 Å². The van der Waals surface area contributed by atoms with Crippen molar-refractivity contribution in [2.75, 3.05) is 32.7 Å². The molecule has 2 amide bonds. The Labute approximate surface area is 154 Å². The Kier molecular flexibility index (Phi) is 6.60. The largest absolute Gasteiger partial charge is 0.355 e. The van der Waals surface area contributed by atoms with Crippen molar-refractivity contribution in [1.82, 2.24) is 30.3 Å². The van der Waals surface area contributed by atoms with Gasteiger partial charge in [0.2, 0.25) is 11.8 Å². The van der Waals surface area contributed by atoms with Gasteiger partial charge in [-0.25, -0.2) is 0 Å². The molecular formula is C18H30N6O2. The Balaban J connectivity index is 1.51. The lowest BCUT2D eigenvalue weighted by atomic mass is 9.97. The molecule has 2 aliphatic heterocycles. The number of amides is 2. The van der Waals surface area contributed by atoms with Gasteiger partial charge in [0.1, 0.15) is 11.6 Å². The average Bonchev–Trinajstić information content (AvgIpc) is 2.87. The van der Waals surface area contributed by atoms with Crippen LogP contribution in [0.5, 0.6) is 0 Å². The third-order valence-corrected chi connectivity index (χ3v) is 5.20. The molecule has 3 rings (SSSR count). The van der Waals surface area contributed by atoms with Gasteiger partial charge >= 0.3 is 0 Å². The fourth-order valence-electron chi connectivity index (χ4n) is 3.92. The summed E-state index contributed by atoms with van der Waals surface area (Å²) in [6.45, 7) is 5.63. The van der Waals surface area contributed by atoms with Crippen molar-refractivity contribution in [2.45, 2.75) is 57.9 Å². The molecule has 1 aromatic rings. The molecular weight excluding hydrogens is 332 g/mol. The van der Waals surface area contributed by atoms with E-state index in [2.05, 4.69) is 30.3 Å². The number of carbonyl (C=O) groups excluding carboxylic acids is 2. The number of aromatic nitrogens is 3. The van der Waals surface area contributed by atoms with Crippen LogP contribution < -0.4 is 10.6 Å². The maximum atomic E-state index is 12.1. The molecule has 0 saturated carbocycles. The van der Waals surface area contributed by atoms with Gasteiger partial charge in [-0.05, 0) is 32.2 Å². The molecule has 0 aromatic carbocycles. The molecule has 1 fully saturated rings. The van der Waals surface area contributed by atoms with Crippen LogP contribution in [0.4, 0.5) is 0 Å². The highest BCUT2D eigenvalue weighted by atomic mass is 16.2. The van der Waals surface area contributed by atoms with Crippen molar-refractivity contribution < 1.29 is 9.59 Å². The van der Waals surface area contributed by atoms with Gasteiger partial charge in [-0.3, -0.25) is 14.5 Å². The molecule has 144 valence electrons. The van der Waals surface area contributed by atoms with Gasteiger partial charge in [-0.1, -0.05) is 6.42 Å². The van der Waals surface area contributed by atoms with Gasteiger partial charge in [0.15, 0.2) is 0 Å². The van der Waals surface area contributed by atoms with E-state index < -0.39 is 0 Å². The van der Waals surface area contributed by atoms with Crippen LogP contribution >= 0.6 is 0 Å². The first kappa shape index (κ1) is 18.8. The van der Waals surface area contributed by atoms with Gasteiger partial charge in [-0.2, -0.15) is 0 Å². The maximum absolute atomic E-state index is 12.1. The van der Waals surface area contributed by atoms with Gasteiger partial charge in [0.05, 0.1) is 6.54 Å². The maximum Gasteiger partial charge on any atom is 0.234 e. The SMILES string of the molecule is CC(=O)NCCNC(=O)CN1CCCC(c2nnc3n2CCCCC3)C1. The Morgan fingerprint density at radius 2 is 1.92 bits per heavy atom. The van der Waals surface area contributed by atoms with E-state index >= 15 is 0 Å². The number of nitrogens with one attached hydrogen (secondary N) is 2. The molecule has 0 radical (unpaired) electrons. The lowest BCUT2D eigenvalue weighted by Crippen LogP contribution is -2.44. The van der Waals surface area contributed by atoms with E-state index in [1.54, 1.807) is 0 Å². The highest BCUT2D eigenvalue weighted by Crippen LogP contribution is 2.27. The second-order valence-corrected chi connectivity index (χ2v) is 7.34. The summed E-state index contributed by atoms with van der Waals surface area (Å²) in [4.78, 5) is 25.2. The lowest BCUT2D eigenvalue weighted by Gasteiger charge is -2.31. The van der Waals surface area contributed by atoms with Crippen molar-refractivity contribution in [3.05, 3.63) is 11.6 Å². The summed E-state index contributed by atoms with van der Waals surface area (Å²) in [5, 5.41) is 14.5. The Morgan fingerprint density at radius 1 is 1.08 bits per heavy atom. The molecule has 2 N–H and O–H groups in total. The molecule has 26 heavy (non-hydrogen) atoms. The summed E-state index contributed by atoms with van der Waals surface area (Å²) in [7, 11) is 0. The zero-order valence-corrected chi connectivity index (χ0v) is 15.7. The summed E-state index contributed by atoms with van der Waals surface area (Å²) < 4.78 is 2.33. The number of piperidine rings is 1. The first-order valence-electron chi connectivity index (χ1n) is 9.79. The van der Waals surface area contributed by atoms with Crippen LogP contribution in [-0.4, -0.2) is 64.2 Å². The molecule has 2 aliphatic rings. The second-order valence-electron chi connectivity index (χ2n) is 7.34. The van der Waals surface area contributed by atoms with E-state index in [4.69, 9.17) is 0 Å². The molecule has 0 spiro atoms. The standard InChI is InChI=1S/C18H30N6O2/c1-14(25)19-8-9-20-17(26)13-23-10-5-6-15(12-23)18-22-21-16-7-3-2-4-11-24(16)18/h15H,2-13H2,1H3,(H,19,25)(H,20,26). The Hall–Kier alpha value is -1.96. The summed E-state index contributed by atoms with van der Waals surface area (Å²) in [5.41, 5.74) is 0. The smallest absolute Gasteiger partial charge is 0.234 e. The molecule has 0 bridgehead atoms. The van der Waals surface area contributed by atoms with Crippen molar-refractivity contribution in [3.63, 3.8) is 0 Å². The number of nitrogens with zero attached hydrogens (tertiary/aromatic N) is 4. The normalized spacial score (nSPS) is 20.9. The van der Waals surface area contributed by atoms with Crippen LogP contribution in [0.3, 0.4) is 0 Å². The van der Waals surface area contributed by atoms with E-state index in [9.17, 15) is 9.59 Å². The summed E-state index contributed by atoms with van der Waals surface area (Å²) >= 11 is 0. The van der Waals surface area contributed by atoms with Crippen molar-refractivity contribution in [3.8, 4) is 0 Å². The fraction of sp³-hybridized carbons (Fsp3) is 0.778. The van der Waals surface area contributed by atoms with Crippen LogP contribution in [-0.2, 0) is 22.6 Å². The molecule has 3 heterocycles. The number of hydrogen-bond donors (Lipinski definition) is 2. The summed E-state index contributed by atoms with van der Waals surface area (Å²) in [5.74, 6) is 2.53. The minimum Gasteiger partial charge on any atom is -0.355 e. The van der Waals surface area contributed by atoms with E-state index in [0.717, 1.165) is 50.5 Å². The van der Waals surface area contributed by atoms with Crippen molar-refractivity contribution >= 4 is 11.8 Å². The van der Waals surface area contributed by atoms with Gasteiger partial charge in [-0.15, -0.1) is 10.2 Å². The molecule has 1 saturated heterocycles. The van der Waals surface area contributed by atoms with Gasteiger partial charge < -0.3 is 15.2 Å². The number of hydrogen-bond acceptors (Lipinski definition) is 5. The minimum absolute atomic E-state index is 0.0103. The molecule has 8 heteroatoms. The summed E-state index contributed by atoms with van der Waals surface area (Å²) in [6, 6.07) is 0. The van der Waals surface area contributed by atoms with Crippen molar-refractivity contribution in [1.29, 1.82) is 0 Å². The predicted molar refractivity (Wildman–Crippen MR) is 97.7 cm³/mol. The Bertz CT molecular complexity index is 629. The highest BCUT2D eigenvalue weighted by Gasteiger charge is 2.28. The fourth-order valence-corrected chi connectivity index (χ4v) is 3.92. The lowest BCUT2D eigenvalue weighted by molar-refractivity contribution is -0.123. The zero-order valence-electron chi connectivity index (χ0n) is 15.7. The average molecular weight is 362 g/mol. The molecule has 8 nitrogen and oxygen atoms in total. The second kappa shape index (κ2) is 9.12.